The predicted octanol–water partition coefficient (Wildman–Crippen LogP) is 0.567. The fourth-order valence-electron chi connectivity index (χ4n) is 1.85. The number of carbonyl (C=O) groups is 2. The molecule has 2 amide bonds. The zero-order chi connectivity index (χ0) is 13.0. The number of benzene rings is 1. The van der Waals surface area contributed by atoms with Crippen LogP contribution in [0.25, 0.3) is 0 Å². The first-order valence-corrected chi connectivity index (χ1v) is 5.77. The number of rotatable bonds is 2. The monoisotopic (exact) mass is 243 g/mol. The summed E-state index contributed by atoms with van der Waals surface area (Å²) in [6, 6.07) is 8.50. The van der Waals surface area contributed by atoms with Gasteiger partial charge in [-0.2, -0.15) is 5.26 Å². The van der Waals surface area contributed by atoms with E-state index in [1.807, 2.05) is 6.07 Å². The van der Waals surface area contributed by atoms with E-state index in [0.717, 1.165) is 0 Å². The lowest BCUT2D eigenvalue weighted by atomic mass is 10.1. The largest absolute Gasteiger partial charge is 0.354 e. The molecule has 1 aromatic carbocycles. The number of hydrogen-bond donors (Lipinski definition) is 2. The first kappa shape index (κ1) is 12.1. The average molecular weight is 243 g/mol. The molecule has 92 valence electrons. The molecule has 0 spiro atoms. The number of amides is 2. The smallest absolute Gasteiger partial charge is 0.251 e. The fourth-order valence-corrected chi connectivity index (χ4v) is 1.85. The summed E-state index contributed by atoms with van der Waals surface area (Å²) in [5, 5.41) is 14.3. The van der Waals surface area contributed by atoms with Gasteiger partial charge in [-0.05, 0) is 24.6 Å². The van der Waals surface area contributed by atoms with Gasteiger partial charge in [0.15, 0.2) is 0 Å². The first-order valence-electron chi connectivity index (χ1n) is 5.77. The van der Waals surface area contributed by atoms with Crippen LogP contribution in [0, 0.1) is 11.3 Å². The number of nitrogens with zero attached hydrogens (tertiary/aromatic N) is 1. The van der Waals surface area contributed by atoms with Crippen molar-refractivity contribution in [3.63, 3.8) is 0 Å². The van der Waals surface area contributed by atoms with Gasteiger partial charge in [-0.25, -0.2) is 0 Å². The van der Waals surface area contributed by atoms with Gasteiger partial charge in [-0.1, -0.05) is 6.07 Å². The zero-order valence-electron chi connectivity index (χ0n) is 9.77. The van der Waals surface area contributed by atoms with Gasteiger partial charge in [-0.15, -0.1) is 0 Å². The van der Waals surface area contributed by atoms with Gasteiger partial charge in [0.1, 0.15) is 0 Å². The molecule has 2 N–H and O–H groups in total. The van der Waals surface area contributed by atoms with E-state index in [1.54, 1.807) is 24.3 Å². The van der Waals surface area contributed by atoms with E-state index in [1.165, 1.54) is 0 Å². The molecular formula is C13H13N3O2. The Morgan fingerprint density at radius 3 is 3.00 bits per heavy atom. The van der Waals surface area contributed by atoms with Crippen molar-refractivity contribution in [1.29, 1.82) is 5.26 Å². The Kier molecular flexibility index (Phi) is 3.58. The Morgan fingerprint density at radius 1 is 1.50 bits per heavy atom. The van der Waals surface area contributed by atoms with Crippen molar-refractivity contribution in [1.82, 2.24) is 10.6 Å². The van der Waals surface area contributed by atoms with Crippen molar-refractivity contribution in [2.75, 3.05) is 6.54 Å². The number of carbonyl (C=O) groups excluding carboxylic acids is 2. The number of hydrogen-bond acceptors (Lipinski definition) is 3. The summed E-state index contributed by atoms with van der Waals surface area (Å²) >= 11 is 0. The third-order valence-electron chi connectivity index (χ3n) is 2.85. The summed E-state index contributed by atoms with van der Waals surface area (Å²) in [6.07, 6.45) is 1.08. The van der Waals surface area contributed by atoms with Crippen LogP contribution >= 0.6 is 0 Å². The van der Waals surface area contributed by atoms with Gasteiger partial charge in [0.2, 0.25) is 5.91 Å². The molecule has 1 aliphatic heterocycles. The maximum Gasteiger partial charge on any atom is 0.251 e. The minimum Gasteiger partial charge on any atom is -0.354 e. The summed E-state index contributed by atoms with van der Waals surface area (Å²) in [4.78, 5) is 22.9. The van der Waals surface area contributed by atoms with E-state index in [4.69, 9.17) is 5.26 Å². The van der Waals surface area contributed by atoms with Crippen molar-refractivity contribution in [2.24, 2.45) is 0 Å². The van der Waals surface area contributed by atoms with E-state index in [2.05, 4.69) is 10.6 Å². The van der Waals surface area contributed by atoms with E-state index < -0.39 is 0 Å². The van der Waals surface area contributed by atoms with Gasteiger partial charge >= 0.3 is 0 Å². The van der Waals surface area contributed by atoms with Crippen LogP contribution in [0.5, 0.6) is 0 Å². The molecule has 5 nitrogen and oxygen atoms in total. The standard InChI is InChI=1S/C13H13N3O2/c14-7-9-2-1-3-10(6-9)13(18)16-11-4-5-12(17)15-8-11/h1-3,6,11H,4-5,8H2,(H,15,17)(H,16,18). The normalized spacial score (nSPS) is 18.6. The fraction of sp³-hybridized carbons (Fsp3) is 0.308. The Balaban J connectivity index is 1.99. The molecule has 0 saturated carbocycles. The van der Waals surface area contributed by atoms with Crippen molar-refractivity contribution < 1.29 is 9.59 Å². The van der Waals surface area contributed by atoms with Gasteiger partial charge in [0.05, 0.1) is 11.6 Å². The van der Waals surface area contributed by atoms with Crippen molar-refractivity contribution in [3.05, 3.63) is 35.4 Å². The zero-order valence-corrected chi connectivity index (χ0v) is 9.77. The first-order chi connectivity index (χ1) is 8.69. The van der Waals surface area contributed by atoms with Crippen LogP contribution in [0.3, 0.4) is 0 Å². The van der Waals surface area contributed by atoms with Crippen LogP contribution in [0.1, 0.15) is 28.8 Å². The highest BCUT2D eigenvalue weighted by atomic mass is 16.2. The van der Waals surface area contributed by atoms with Crippen molar-refractivity contribution in [3.8, 4) is 6.07 Å². The van der Waals surface area contributed by atoms with E-state index in [9.17, 15) is 9.59 Å². The Morgan fingerprint density at radius 2 is 2.33 bits per heavy atom. The molecule has 1 saturated heterocycles. The summed E-state index contributed by atoms with van der Waals surface area (Å²) in [6.45, 7) is 0.461. The minimum absolute atomic E-state index is 0.0203. The average Bonchev–Trinajstić information content (AvgIpc) is 2.41. The van der Waals surface area contributed by atoms with E-state index in [-0.39, 0.29) is 17.9 Å². The predicted molar refractivity (Wildman–Crippen MR) is 64.7 cm³/mol. The second-order valence-electron chi connectivity index (χ2n) is 4.21. The number of nitrogens with one attached hydrogen (secondary N) is 2. The van der Waals surface area contributed by atoms with Crippen molar-refractivity contribution in [2.45, 2.75) is 18.9 Å². The summed E-state index contributed by atoms with van der Waals surface area (Å²) in [5.41, 5.74) is 0.922. The summed E-state index contributed by atoms with van der Waals surface area (Å²) in [7, 11) is 0. The highest BCUT2D eigenvalue weighted by molar-refractivity contribution is 5.94. The molecule has 1 heterocycles. The van der Waals surface area contributed by atoms with Crippen LogP contribution in [0.15, 0.2) is 24.3 Å². The molecule has 0 aromatic heterocycles. The lowest BCUT2D eigenvalue weighted by Gasteiger charge is -2.23. The molecule has 5 heteroatoms. The molecule has 0 bridgehead atoms. The maximum atomic E-state index is 11.9. The van der Waals surface area contributed by atoms with Gasteiger partial charge in [-0.3, -0.25) is 9.59 Å². The Hall–Kier alpha value is -2.35. The van der Waals surface area contributed by atoms with Crippen LogP contribution in [0.2, 0.25) is 0 Å². The molecule has 0 radical (unpaired) electrons. The number of nitriles is 1. The third-order valence-corrected chi connectivity index (χ3v) is 2.85. The quantitative estimate of drug-likeness (QED) is 0.796. The molecule has 1 unspecified atom stereocenters. The van der Waals surface area contributed by atoms with Crippen LogP contribution in [-0.4, -0.2) is 24.4 Å². The highest BCUT2D eigenvalue weighted by Gasteiger charge is 2.20. The lowest BCUT2D eigenvalue weighted by Crippen LogP contribution is -2.47. The Bertz CT molecular complexity index is 509. The summed E-state index contributed by atoms with van der Waals surface area (Å²) < 4.78 is 0. The molecule has 0 aliphatic carbocycles. The molecule has 1 aliphatic rings. The van der Waals surface area contributed by atoms with Gasteiger partial charge < -0.3 is 10.6 Å². The number of piperidine rings is 1. The molecule has 2 rings (SSSR count). The topological polar surface area (TPSA) is 82.0 Å². The Labute approximate surface area is 105 Å². The molecule has 1 atom stereocenters. The van der Waals surface area contributed by atoms with Gasteiger partial charge in [0, 0.05) is 24.6 Å². The van der Waals surface area contributed by atoms with E-state index in [0.29, 0.717) is 30.5 Å². The molecular weight excluding hydrogens is 230 g/mol. The van der Waals surface area contributed by atoms with E-state index >= 15 is 0 Å². The summed E-state index contributed by atoms with van der Waals surface area (Å²) in [5.74, 6) is -0.194. The second kappa shape index (κ2) is 5.32. The van der Waals surface area contributed by atoms with Gasteiger partial charge in [0.25, 0.3) is 5.91 Å². The van der Waals surface area contributed by atoms with Crippen molar-refractivity contribution >= 4 is 11.8 Å². The molecule has 1 fully saturated rings. The molecule has 1 aromatic rings. The highest BCUT2D eigenvalue weighted by Crippen LogP contribution is 2.07. The van der Waals surface area contributed by atoms with Crippen LogP contribution in [-0.2, 0) is 4.79 Å². The lowest BCUT2D eigenvalue weighted by molar-refractivity contribution is -0.122. The molecule has 18 heavy (non-hydrogen) atoms. The third kappa shape index (κ3) is 2.86. The van der Waals surface area contributed by atoms with Crippen LogP contribution < -0.4 is 10.6 Å². The van der Waals surface area contributed by atoms with Crippen LogP contribution in [0.4, 0.5) is 0 Å². The maximum absolute atomic E-state index is 11.9. The minimum atomic E-state index is -0.215. The SMILES string of the molecule is N#Cc1cccc(C(=O)NC2CCC(=O)NC2)c1. The second-order valence-corrected chi connectivity index (χ2v) is 4.21.